The second-order valence-electron chi connectivity index (χ2n) is 6.92. The first-order valence-electron chi connectivity index (χ1n) is 9.92. The minimum Gasteiger partial charge on any atom is -0.379 e. The van der Waals surface area contributed by atoms with Gasteiger partial charge in [0.05, 0.1) is 25.5 Å². The lowest BCUT2D eigenvalue weighted by Gasteiger charge is -2.38. The van der Waals surface area contributed by atoms with E-state index in [2.05, 4.69) is 29.4 Å². The van der Waals surface area contributed by atoms with E-state index in [1.165, 1.54) is 6.26 Å². The van der Waals surface area contributed by atoms with E-state index in [9.17, 15) is 8.42 Å². The molecular formula is C18H38N4O3S. The van der Waals surface area contributed by atoms with E-state index in [1.807, 2.05) is 6.92 Å². The Balaban J connectivity index is 2.67. The van der Waals surface area contributed by atoms with E-state index in [4.69, 9.17) is 9.73 Å². The molecule has 1 unspecified atom stereocenters. The number of rotatable bonds is 11. The van der Waals surface area contributed by atoms with Crippen LogP contribution in [0.1, 0.15) is 40.0 Å². The van der Waals surface area contributed by atoms with Crippen molar-refractivity contribution in [1.82, 2.24) is 15.5 Å². The Morgan fingerprint density at radius 3 is 2.35 bits per heavy atom. The maximum absolute atomic E-state index is 11.2. The number of nitrogens with one attached hydrogen (secondary N) is 2. The van der Waals surface area contributed by atoms with Crippen molar-refractivity contribution in [2.45, 2.75) is 46.1 Å². The molecule has 0 spiro atoms. The summed E-state index contributed by atoms with van der Waals surface area (Å²) in [6.45, 7) is 12.2. The number of hydrogen-bond acceptors (Lipinski definition) is 5. The van der Waals surface area contributed by atoms with Gasteiger partial charge in [-0.1, -0.05) is 26.7 Å². The molecule has 26 heavy (non-hydrogen) atoms. The number of hydrogen-bond donors (Lipinski definition) is 2. The van der Waals surface area contributed by atoms with Crippen molar-refractivity contribution < 1.29 is 13.2 Å². The van der Waals surface area contributed by atoms with E-state index < -0.39 is 9.84 Å². The first kappa shape index (κ1) is 23.2. The molecule has 2 N–H and O–H groups in total. The third kappa shape index (κ3) is 9.19. The lowest BCUT2D eigenvalue weighted by Crippen LogP contribution is -2.49. The normalized spacial score (nSPS) is 18.1. The summed E-state index contributed by atoms with van der Waals surface area (Å²) in [4.78, 5) is 7.31. The molecule has 154 valence electrons. The average Bonchev–Trinajstić information content (AvgIpc) is 2.62. The standard InChI is InChI=1S/C18H38N4O3S/c1-5-16(6-2)17(22-10-12-25-13-11-22)15-21-18(19-7-3)20-9-8-14-26(4,23)24/h16-17H,5-15H2,1-4H3,(H2,19,20,21). The average molecular weight is 391 g/mol. The van der Waals surface area contributed by atoms with E-state index in [1.54, 1.807) is 0 Å². The molecule has 8 heteroatoms. The quantitative estimate of drug-likeness (QED) is 0.312. The van der Waals surface area contributed by atoms with E-state index in [0.717, 1.165) is 58.2 Å². The maximum atomic E-state index is 11.2. The molecule has 1 heterocycles. The van der Waals surface area contributed by atoms with Crippen molar-refractivity contribution in [3.05, 3.63) is 0 Å². The van der Waals surface area contributed by atoms with Gasteiger partial charge in [0, 0.05) is 38.5 Å². The first-order chi connectivity index (χ1) is 12.4. The number of morpholine rings is 1. The van der Waals surface area contributed by atoms with Gasteiger partial charge in [0.25, 0.3) is 0 Å². The van der Waals surface area contributed by atoms with Gasteiger partial charge < -0.3 is 15.4 Å². The van der Waals surface area contributed by atoms with Gasteiger partial charge in [-0.05, 0) is 19.3 Å². The minimum atomic E-state index is -2.91. The van der Waals surface area contributed by atoms with Crippen LogP contribution in [0.5, 0.6) is 0 Å². The molecule has 0 aromatic rings. The summed E-state index contributed by atoms with van der Waals surface area (Å²) in [5.74, 6) is 1.58. The molecule has 0 aliphatic carbocycles. The highest BCUT2D eigenvalue weighted by Crippen LogP contribution is 2.20. The number of nitrogens with zero attached hydrogens (tertiary/aromatic N) is 2. The third-order valence-electron chi connectivity index (χ3n) is 4.87. The van der Waals surface area contributed by atoms with Gasteiger partial charge >= 0.3 is 0 Å². The van der Waals surface area contributed by atoms with Gasteiger partial charge in [-0.25, -0.2) is 8.42 Å². The molecule has 0 bridgehead atoms. The van der Waals surface area contributed by atoms with Crippen LogP contribution < -0.4 is 10.6 Å². The molecule has 1 fully saturated rings. The molecule has 0 amide bonds. The maximum Gasteiger partial charge on any atom is 0.191 e. The highest BCUT2D eigenvalue weighted by Gasteiger charge is 2.26. The van der Waals surface area contributed by atoms with E-state index in [-0.39, 0.29) is 5.75 Å². The van der Waals surface area contributed by atoms with Crippen LogP contribution in [0.25, 0.3) is 0 Å². The van der Waals surface area contributed by atoms with Crippen molar-refractivity contribution >= 4 is 15.8 Å². The molecule has 1 atom stereocenters. The van der Waals surface area contributed by atoms with Gasteiger partial charge in [-0.2, -0.15) is 0 Å². The fourth-order valence-corrected chi connectivity index (χ4v) is 4.04. The Labute approximate surface area is 159 Å². The molecule has 1 saturated heterocycles. The molecule has 0 saturated carbocycles. The summed E-state index contributed by atoms with van der Waals surface area (Å²) in [5.41, 5.74) is 0. The molecule has 1 aliphatic heterocycles. The van der Waals surface area contributed by atoms with E-state index in [0.29, 0.717) is 24.9 Å². The number of guanidine groups is 1. The monoisotopic (exact) mass is 390 g/mol. The molecular weight excluding hydrogens is 352 g/mol. The van der Waals surface area contributed by atoms with Crippen LogP contribution in [0.15, 0.2) is 4.99 Å². The molecule has 1 aliphatic rings. The predicted octanol–water partition coefficient (Wildman–Crippen LogP) is 1.11. The predicted molar refractivity (Wildman–Crippen MR) is 109 cm³/mol. The van der Waals surface area contributed by atoms with E-state index >= 15 is 0 Å². The highest BCUT2D eigenvalue weighted by molar-refractivity contribution is 7.90. The summed E-state index contributed by atoms with van der Waals surface area (Å²) in [6.07, 6.45) is 4.15. The van der Waals surface area contributed by atoms with Crippen LogP contribution in [-0.2, 0) is 14.6 Å². The van der Waals surface area contributed by atoms with Crippen LogP contribution in [0, 0.1) is 5.92 Å². The van der Waals surface area contributed by atoms with Crippen LogP contribution in [0.2, 0.25) is 0 Å². The van der Waals surface area contributed by atoms with Gasteiger partial charge in [0.2, 0.25) is 0 Å². The Kier molecular flexibility index (Phi) is 11.2. The molecule has 0 radical (unpaired) electrons. The zero-order valence-electron chi connectivity index (χ0n) is 17.0. The Bertz CT molecular complexity index is 501. The second-order valence-corrected chi connectivity index (χ2v) is 9.18. The summed E-state index contributed by atoms with van der Waals surface area (Å²) in [6, 6.07) is 0.417. The Hall–Kier alpha value is -0.860. The zero-order valence-corrected chi connectivity index (χ0v) is 17.8. The summed E-state index contributed by atoms with van der Waals surface area (Å²) in [5, 5.41) is 6.52. The fraction of sp³-hybridized carbons (Fsp3) is 0.944. The van der Waals surface area contributed by atoms with Crippen LogP contribution in [0.3, 0.4) is 0 Å². The summed E-state index contributed by atoms with van der Waals surface area (Å²) >= 11 is 0. The molecule has 0 aromatic heterocycles. The lowest BCUT2D eigenvalue weighted by atomic mass is 9.92. The zero-order chi connectivity index (χ0) is 19.4. The largest absolute Gasteiger partial charge is 0.379 e. The van der Waals surface area contributed by atoms with Gasteiger partial charge in [0.1, 0.15) is 9.84 Å². The van der Waals surface area contributed by atoms with Crippen molar-refractivity contribution in [2.24, 2.45) is 10.9 Å². The Morgan fingerprint density at radius 2 is 1.81 bits per heavy atom. The van der Waals surface area contributed by atoms with Crippen LogP contribution in [-0.4, -0.2) is 83.3 Å². The summed E-state index contributed by atoms with van der Waals surface area (Å²) < 4.78 is 28.0. The van der Waals surface area contributed by atoms with Crippen LogP contribution >= 0.6 is 0 Å². The topological polar surface area (TPSA) is 83.0 Å². The fourth-order valence-electron chi connectivity index (χ4n) is 3.37. The molecule has 7 nitrogen and oxygen atoms in total. The minimum absolute atomic E-state index is 0.198. The third-order valence-corrected chi connectivity index (χ3v) is 5.90. The number of sulfone groups is 1. The Morgan fingerprint density at radius 1 is 1.15 bits per heavy atom. The van der Waals surface area contributed by atoms with Gasteiger partial charge in [-0.3, -0.25) is 9.89 Å². The highest BCUT2D eigenvalue weighted by atomic mass is 32.2. The number of aliphatic imine (C=N–C) groups is 1. The SMILES string of the molecule is CCNC(=NCC(C(CC)CC)N1CCOCC1)NCCCS(C)(=O)=O. The van der Waals surface area contributed by atoms with Crippen molar-refractivity contribution in [2.75, 3.05) is 57.9 Å². The van der Waals surface area contributed by atoms with Gasteiger partial charge in [0.15, 0.2) is 5.96 Å². The summed E-state index contributed by atoms with van der Waals surface area (Å²) in [7, 11) is -2.91. The van der Waals surface area contributed by atoms with Gasteiger partial charge in [-0.15, -0.1) is 0 Å². The van der Waals surface area contributed by atoms with Crippen molar-refractivity contribution in [1.29, 1.82) is 0 Å². The second kappa shape index (κ2) is 12.5. The number of ether oxygens (including phenoxy) is 1. The van der Waals surface area contributed by atoms with Crippen molar-refractivity contribution in [3.63, 3.8) is 0 Å². The molecule has 1 rings (SSSR count). The van der Waals surface area contributed by atoms with Crippen molar-refractivity contribution in [3.8, 4) is 0 Å². The smallest absolute Gasteiger partial charge is 0.191 e. The lowest BCUT2D eigenvalue weighted by molar-refractivity contribution is 0.00395. The first-order valence-corrected chi connectivity index (χ1v) is 12.0. The molecule has 0 aromatic carbocycles. The van der Waals surface area contributed by atoms with Crippen LogP contribution in [0.4, 0.5) is 0 Å².